The van der Waals surface area contributed by atoms with Crippen LogP contribution < -0.4 is 15.8 Å². The van der Waals surface area contributed by atoms with E-state index < -0.39 is 0 Å². The Labute approximate surface area is 106 Å². The van der Waals surface area contributed by atoms with Crippen molar-refractivity contribution in [1.82, 2.24) is 0 Å². The van der Waals surface area contributed by atoms with Gasteiger partial charge in [0.25, 0.3) is 0 Å². The summed E-state index contributed by atoms with van der Waals surface area (Å²) in [6.45, 7) is 0. The van der Waals surface area contributed by atoms with Gasteiger partial charge in [-0.2, -0.15) is 5.26 Å². The number of nitriles is 1. The van der Waals surface area contributed by atoms with E-state index in [-0.39, 0.29) is 0 Å². The summed E-state index contributed by atoms with van der Waals surface area (Å²) in [7, 11) is 1.59. The summed E-state index contributed by atoms with van der Waals surface area (Å²) in [6.07, 6.45) is 0. The van der Waals surface area contributed by atoms with Crippen LogP contribution in [0.1, 0.15) is 5.56 Å². The molecule has 0 radical (unpaired) electrons. The molecular formula is C14H13N3O. The average Bonchev–Trinajstić information content (AvgIpc) is 2.41. The summed E-state index contributed by atoms with van der Waals surface area (Å²) in [5, 5.41) is 12.1. The molecule has 3 N–H and O–H groups in total. The van der Waals surface area contributed by atoms with Gasteiger partial charge < -0.3 is 15.8 Å². The molecule has 0 aromatic heterocycles. The van der Waals surface area contributed by atoms with Crippen molar-refractivity contribution >= 4 is 17.1 Å². The van der Waals surface area contributed by atoms with Crippen LogP contribution in [0.3, 0.4) is 0 Å². The van der Waals surface area contributed by atoms with E-state index in [1.807, 2.05) is 30.3 Å². The van der Waals surface area contributed by atoms with Gasteiger partial charge in [-0.25, -0.2) is 0 Å². The van der Waals surface area contributed by atoms with Crippen molar-refractivity contribution in [2.24, 2.45) is 0 Å². The highest BCUT2D eigenvalue weighted by molar-refractivity contribution is 5.76. The molecule has 0 saturated heterocycles. The fraction of sp³-hybridized carbons (Fsp3) is 0.0714. The molecule has 0 aliphatic carbocycles. The first-order valence-corrected chi connectivity index (χ1v) is 5.44. The van der Waals surface area contributed by atoms with Crippen LogP contribution in [0.15, 0.2) is 42.5 Å². The number of benzene rings is 2. The van der Waals surface area contributed by atoms with E-state index in [1.165, 1.54) is 0 Å². The maximum Gasteiger partial charge on any atom is 0.121 e. The Morgan fingerprint density at radius 1 is 1.17 bits per heavy atom. The monoisotopic (exact) mass is 239 g/mol. The molecule has 0 saturated carbocycles. The molecule has 0 aliphatic rings. The first kappa shape index (κ1) is 11.8. The van der Waals surface area contributed by atoms with Crippen molar-refractivity contribution in [1.29, 1.82) is 5.26 Å². The number of nitrogens with one attached hydrogen (secondary N) is 1. The number of rotatable bonds is 3. The minimum absolute atomic E-state index is 0.571. The number of ether oxygens (including phenoxy) is 1. The van der Waals surface area contributed by atoms with E-state index in [4.69, 9.17) is 15.7 Å². The van der Waals surface area contributed by atoms with Crippen LogP contribution in [-0.2, 0) is 0 Å². The second-order valence-corrected chi connectivity index (χ2v) is 3.74. The van der Waals surface area contributed by atoms with Gasteiger partial charge in [0.2, 0.25) is 0 Å². The molecule has 0 spiro atoms. The lowest BCUT2D eigenvalue weighted by atomic mass is 10.2. The van der Waals surface area contributed by atoms with Crippen LogP contribution in [-0.4, -0.2) is 7.11 Å². The number of hydrogen-bond acceptors (Lipinski definition) is 4. The van der Waals surface area contributed by atoms with E-state index in [2.05, 4.69) is 11.4 Å². The van der Waals surface area contributed by atoms with E-state index in [9.17, 15) is 0 Å². The highest BCUT2D eigenvalue weighted by atomic mass is 16.5. The van der Waals surface area contributed by atoms with Crippen molar-refractivity contribution in [3.8, 4) is 11.8 Å². The molecule has 2 aromatic carbocycles. The smallest absolute Gasteiger partial charge is 0.121 e. The highest BCUT2D eigenvalue weighted by Gasteiger charge is 2.04. The van der Waals surface area contributed by atoms with E-state index in [0.29, 0.717) is 17.0 Å². The third-order valence-electron chi connectivity index (χ3n) is 2.58. The number of nitrogens with two attached hydrogens (primary N) is 1. The van der Waals surface area contributed by atoms with E-state index >= 15 is 0 Å². The first-order chi connectivity index (χ1) is 8.74. The molecular weight excluding hydrogens is 226 g/mol. The largest absolute Gasteiger partial charge is 0.497 e. The Morgan fingerprint density at radius 3 is 2.61 bits per heavy atom. The molecule has 0 unspecified atom stereocenters. The molecule has 2 aromatic rings. The maximum absolute atomic E-state index is 9.01. The summed E-state index contributed by atoms with van der Waals surface area (Å²) >= 11 is 0. The normalized spacial score (nSPS) is 9.56. The number of nitrogens with zero attached hydrogens (tertiary/aromatic N) is 1. The van der Waals surface area contributed by atoms with E-state index in [1.54, 1.807) is 19.2 Å². The Hall–Kier alpha value is -2.67. The zero-order valence-electron chi connectivity index (χ0n) is 9.97. The van der Waals surface area contributed by atoms with Crippen LogP contribution in [0, 0.1) is 11.3 Å². The van der Waals surface area contributed by atoms with Gasteiger partial charge in [-0.1, -0.05) is 12.1 Å². The van der Waals surface area contributed by atoms with E-state index in [0.717, 1.165) is 11.4 Å². The lowest BCUT2D eigenvalue weighted by Gasteiger charge is -2.11. The Bertz CT molecular complexity index is 602. The highest BCUT2D eigenvalue weighted by Crippen LogP contribution is 2.28. The molecule has 0 heterocycles. The molecule has 0 aliphatic heterocycles. The Morgan fingerprint density at radius 2 is 1.94 bits per heavy atom. The second-order valence-electron chi connectivity index (χ2n) is 3.74. The zero-order chi connectivity index (χ0) is 13.0. The first-order valence-electron chi connectivity index (χ1n) is 5.44. The Balaban J connectivity index is 2.32. The van der Waals surface area contributed by atoms with Gasteiger partial charge in [0.1, 0.15) is 11.8 Å². The molecule has 90 valence electrons. The molecule has 4 nitrogen and oxygen atoms in total. The lowest BCUT2D eigenvalue weighted by molar-refractivity contribution is 0.415. The van der Waals surface area contributed by atoms with Crippen LogP contribution in [0.5, 0.6) is 5.75 Å². The average molecular weight is 239 g/mol. The quantitative estimate of drug-likeness (QED) is 0.808. The zero-order valence-corrected chi connectivity index (χ0v) is 9.97. The van der Waals surface area contributed by atoms with Gasteiger partial charge >= 0.3 is 0 Å². The molecule has 0 fully saturated rings. The third-order valence-corrected chi connectivity index (χ3v) is 2.58. The SMILES string of the molecule is COc1ccc(Nc2ccccc2C#N)c(N)c1. The number of hydrogen-bond donors (Lipinski definition) is 2. The lowest BCUT2D eigenvalue weighted by Crippen LogP contribution is -1.98. The van der Waals surface area contributed by atoms with Gasteiger partial charge in [0.05, 0.1) is 29.7 Å². The molecule has 2 rings (SSSR count). The van der Waals surface area contributed by atoms with Crippen molar-refractivity contribution in [2.75, 3.05) is 18.2 Å². The number of methoxy groups -OCH3 is 1. The van der Waals surface area contributed by atoms with Crippen LogP contribution in [0.2, 0.25) is 0 Å². The third kappa shape index (κ3) is 2.36. The van der Waals surface area contributed by atoms with Gasteiger partial charge in [-0.05, 0) is 24.3 Å². The van der Waals surface area contributed by atoms with Crippen molar-refractivity contribution in [3.63, 3.8) is 0 Å². The van der Waals surface area contributed by atoms with Gasteiger partial charge in [-0.3, -0.25) is 0 Å². The minimum atomic E-state index is 0.571. The van der Waals surface area contributed by atoms with Crippen LogP contribution in [0.25, 0.3) is 0 Å². The molecule has 4 heteroatoms. The maximum atomic E-state index is 9.01. The van der Waals surface area contributed by atoms with Crippen molar-refractivity contribution in [2.45, 2.75) is 0 Å². The molecule has 0 amide bonds. The molecule has 0 atom stereocenters. The summed E-state index contributed by atoms with van der Waals surface area (Å²) in [6, 6.07) is 14.8. The number of anilines is 3. The van der Waals surface area contributed by atoms with Crippen LogP contribution in [0.4, 0.5) is 17.1 Å². The standard InChI is InChI=1S/C14H13N3O/c1-18-11-6-7-14(12(16)8-11)17-13-5-3-2-4-10(13)9-15/h2-8,17H,16H2,1H3. The summed E-state index contributed by atoms with van der Waals surface area (Å²) < 4.78 is 5.08. The topological polar surface area (TPSA) is 71.1 Å². The summed E-state index contributed by atoms with van der Waals surface area (Å²) in [5.41, 5.74) is 8.54. The fourth-order valence-corrected chi connectivity index (χ4v) is 1.62. The van der Waals surface area contributed by atoms with Gasteiger partial charge in [-0.15, -0.1) is 0 Å². The molecule has 0 bridgehead atoms. The van der Waals surface area contributed by atoms with Crippen LogP contribution >= 0.6 is 0 Å². The summed E-state index contributed by atoms with van der Waals surface area (Å²) in [5.74, 6) is 0.701. The second kappa shape index (κ2) is 5.11. The predicted molar refractivity (Wildman–Crippen MR) is 71.8 cm³/mol. The Kier molecular flexibility index (Phi) is 3.35. The number of nitrogen functional groups attached to an aromatic ring is 1. The van der Waals surface area contributed by atoms with Crippen molar-refractivity contribution in [3.05, 3.63) is 48.0 Å². The van der Waals surface area contributed by atoms with Crippen molar-refractivity contribution < 1.29 is 4.74 Å². The summed E-state index contributed by atoms with van der Waals surface area (Å²) in [4.78, 5) is 0. The predicted octanol–water partition coefficient (Wildman–Crippen LogP) is 2.89. The van der Waals surface area contributed by atoms with Gasteiger partial charge in [0.15, 0.2) is 0 Å². The van der Waals surface area contributed by atoms with Gasteiger partial charge in [0, 0.05) is 6.07 Å². The minimum Gasteiger partial charge on any atom is -0.497 e. The number of para-hydroxylation sites is 1. The molecule has 18 heavy (non-hydrogen) atoms. The fourth-order valence-electron chi connectivity index (χ4n) is 1.62.